The lowest BCUT2D eigenvalue weighted by atomic mass is 9.86. The second-order valence-corrected chi connectivity index (χ2v) is 4.87. The highest BCUT2D eigenvalue weighted by molar-refractivity contribution is 5.94. The summed E-state index contributed by atoms with van der Waals surface area (Å²) in [6.45, 7) is 6.90. The van der Waals surface area contributed by atoms with Gasteiger partial charge in [-0.3, -0.25) is 9.78 Å². The van der Waals surface area contributed by atoms with Gasteiger partial charge in [0.05, 0.1) is 11.1 Å². The van der Waals surface area contributed by atoms with Crippen molar-refractivity contribution in [2.24, 2.45) is 0 Å². The third-order valence-electron chi connectivity index (χ3n) is 2.90. The number of hydrogen-bond donors (Lipinski definition) is 2. The molecule has 0 aliphatic heterocycles. The van der Waals surface area contributed by atoms with Crippen molar-refractivity contribution in [3.8, 4) is 0 Å². The van der Waals surface area contributed by atoms with E-state index in [-0.39, 0.29) is 5.91 Å². The predicted molar refractivity (Wildman–Crippen MR) is 62.1 cm³/mol. The molecule has 0 bridgehead atoms. The standard InChI is InChI=1S/C12H18N2O2/c1-11(2,12(3,4)16)14-10(15)9-5-7-13-8-6-9/h5-8,16H,1-4H3,(H,14,15). The van der Waals surface area contributed by atoms with Crippen LogP contribution in [-0.4, -0.2) is 27.1 Å². The summed E-state index contributed by atoms with van der Waals surface area (Å²) in [6, 6.07) is 3.27. The molecule has 0 unspecified atom stereocenters. The summed E-state index contributed by atoms with van der Waals surface area (Å²) in [7, 11) is 0. The number of carbonyl (C=O) groups excluding carboxylic acids is 1. The summed E-state index contributed by atoms with van der Waals surface area (Å²) in [6.07, 6.45) is 3.12. The number of aliphatic hydroxyl groups is 1. The minimum absolute atomic E-state index is 0.213. The van der Waals surface area contributed by atoms with Gasteiger partial charge in [-0.25, -0.2) is 0 Å². The van der Waals surface area contributed by atoms with Gasteiger partial charge >= 0.3 is 0 Å². The molecule has 16 heavy (non-hydrogen) atoms. The quantitative estimate of drug-likeness (QED) is 0.811. The average Bonchev–Trinajstić information content (AvgIpc) is 2.16. The van der Waals surface area contributed by atoms with Gasteiger partial charge in [0.1, 0.15) is 0 Å². The van der Waals surface area contributed by atoms with Crippen molar-refractivity contribution < 1.29 is 9.90 Å². The molecule has 1 aromatic heterocycles. The normalized spacial score (nSPS) is 12.3. The maximum atomic E-state index is 11.9. The largest absolute Gasteiger partial charge is 0.388 e. The SMILES string of the molecule is CC(C)(O)C(C)(C)NC(=O)c1ccncc1. The van der Waals surface area contributed by atoms with Gasteiger partial charge in [-0.2, -0.15) is 0 Å². The van der Waals surface area contributed by atoms with E-state index in [2.05, 4.69) is 10.3 Å². The average molecular weight is 222 g/mol. The van der Waals surface area contributed by atoms with Crippen molar-refractivity contribution in [1.29, 1.82) is 0 Å². The third kappa shape index (κ3) is 2.79. The summed E-state index contributed by atoms with van der Waals surface area (Å²) in [5, 5.41) is 12.7. The van der Waals surface area contributed by atoms with E-state index < -0.39 is 11.1 Å². The summed E-state index contributed by atoms with van der Waals surface area (Å²) in [5.74, 6) is -0.213. The maximum Gasteiger partial charge on any atom is 0.251 e. The van der Waals surface area contributed by atoms with Crippen molar-refractivity contribution in [2.75, 3.05) is 0 Å². The molecule has 0 aliphatic carbocycles. The van der Waals surface area contributed by atoms with Gasteiger partial charge < -0.3 is 10.4 Å². The highest BCUT2D eigenvalue weighted by Crippen LogP contribution is 2.20. The molecule has 1 amide bonds. The zero-order valence-electron chi connectivity index (χ0n) is 10.1. The molecule has 1 heterocycles. The van der Waals surface area contributed by atoms with Crippen LogP contribution >= 0.6 is 0 Å². The lowest BCUT2D eigenvalue weighted by Crippen LogP contribution is -2.57. The molecule has 0 fully saturated rings. The molecule has 0 aromatic carbocycles. The number of pyridine rings is 1. The van der Waals surface area contributed by atoms with Crippen molar-refractivity contribution in [3.63, 3.8) is 0 Å². The fraction of sp³-hybridized carbons (Fsp3) is 0.500. The molecule has 0 atom stereocenters. The van der Waals surface area contributed by atoms with Gasteiger partial charge in [0, 0.05) is 18.0 Å². The lowest BCUT2D eigenvalue weighted by molar-refractivity contribution is -0.00292. The summed E-state index contributed by atoms with van der Waals surface area (Å²) < 4.78 is 0. The molecule has 4 heteroatoms. The van der Waals surface area contributed by atoms with Gasteiger partial charge in [-0.1, -0.05) is 0 Å². The number of nitrogens with one attached hydrogen (secondary N) is 1. The number of aromatic nitrogens is 1. The zero-order chi connectivity index (χ0) is 12.4. The van der Waals surface area contributed by atoms with Crippen LogP contribution in [-0.2, 0) is 0 Å². The molecule has 0 saturated carbocycles. The van der Waals surface area contributed by atoms with E-state index in [0.717, 1.165) is 0 Å². The molecule has 0 radical (unpaired) electrons. The second kappa shape index (κ2) is 4.22. The fourth-order valence-electron chi connectivity index (χ4n) is 1.01. The first-order valence-electron chi connectivity index (χ1n) is 5.19. The number of amides is 1. The van der Waals surface area contributed by atoms with Gasteiger partial charge in [0.15, 0.2) is 0 Å². The molecule has 1 rings (SSSR count). The van der Waals surface area contributed by atoms with E-state index in [1.54, 1.807) is 52.2 Å². The predicted octanol–water partition coefficient (Wildman–Crippen LogP) is 1.36. The Bertz CT molecular complexity index is 366. The van der Waals surface area contributed by atoms with Gasteiger partial charge in [-0.05, 0) is 39.8 Å². The fourth-order valence-corrected chi connectivity index (χ4v) is 1.01. The van der Waals surface area contributed by atoms with Crippen LogP contribution in [0.4, 0.5) is 0 Å². The van der Waals surface area contributed by atoms with E-state index in [1.165, 1.54) is 0 Å². The topological polar surface area (TPSA) is 62.2 Å². The summed E-state index contributed by atoms with van der Waals surface area (Å²) in [5.41, 5.74) is -1.16. The number of rotatable bonds is 3. The first kappa shape index (κ1) is 12.6. The maximum absolute atomic E-state index is 11.9. The third-order valence-corrected chi connectivity index (χ3v) is 2.90. The zero-order valence-corrected chi connectivity index (χ0v) is 10.1. The Morgan fingerprint density at radius 3 is 2.19 bits per heavy atom. The molecule has 0 spiro atoms. The highest BCUT2D eigenvalue weighted by atomic mass is 16.3. The van der Waals surface area contributed by atoms with E-state index >= 15 is 0 Å². The first-order valence-corrected chi connectivity index (χ1v) is 5.19. The Morgan fingerprint density at radius 1 is 1.25 bits per heavy atom. The van der Waals surface area contributed by atoms with Crippen molar-refractivity contribution >= 4 is 5.91 Å². The van der Waals surface area contributed by atoms with Gasteiger partial charge in [-0.15, -0.1) is 0 Å². The Hall–Kier alpha value is -1.42. The van der Waals surface area contributed by atoms with Crippen LogP contribution in [0.3, 0.4) is 0 Å². The summed E-state index contributed by atoms with van der Waals surface area (Å²) >= 11 is 0. The van der Waals surface area contributed by atoms with Crippen LogP contribution in [0.5, 0.6) is 0 Å². The molecule has 1 aromatic rings. The van der Waals surface area contributed by atoms with Crippen molar-refractivity contribution in [2.45, 2.75) is 38.8 Å². The minimum Gasteiger partial charge on any atom is -0.388 e. The van der Waals surface area contributed by atoms with Crippen LogP contribution < -0.4 is 5.32 Å². The van der Waals surface area contributed by atoms with Crippen molar-refractivity contribution in [1.82, 2.24) is 10.3 Å². The van der Waals surface area contributed by atoms with Crippen LogP contribution in [0.15, 0.2) is 24.5 Å². The second-order valence-electron chi connectivity index (χ2n) is 4.87. The Labute approximate surface area is 95.7 Å². The number of carbonyl (C=O) groups is 1. The highest BCUT2D eigenvalue weighted by Gasteiger charge is 2.36. The van der Waals surface area contributed by atoms with Crippen LogP contribution in [0, 0.1) is 0 Å². The molecule has 0 saturated heterocycles. The van der Waals surface area contributed by atoms with E-state index in [4.69, 9.17) is 0 Å². The van der Waals surface area contributed by atoms with E-state index in [1.807, 2.05) is 0 Å². The molecular weight excluding hydrogens is 204 g/mol. The summed E-state index contributed by atoms with van der Waals surface area (Å²) in [4.78, 5) is 15.7. The molecule has 0 aliphatic rings. The Balaban J connectivity index is 2.80. The molecule has 2 N–H and O–H groups in total. The van der Waals surface area contributed by atoms with Crippen LogP contribution in [0.25, 0.3) is 0 Å². The number of hydrogen-bond acceptors (Lipinski definition) is 3. The molecular formula is C12H18N2O2. The Morgan fingerprint density at radius 2 is 1.75 bits per heavy atom. The smallest absolute Gasteiger partial charge is 0.251 e. The Kier molecular flexibility index (Phi) is 3.33. The van der Waals surface area contributed by atoms with Gasteiger partial charge in [0.2, 0.25) is 0 Å². The molecule has 88 valence electrons. The minimum atomic E-state index is -0.990. The molecule has 4 nitrogen and oxygen atoms in total. The van der Waals surface area contributed by atoms with Crippen LogP contribution in [0.1, 0.15) is 38.1 Å². The van der Waals surface area contributed by atoms with Gasteiger partial charge in [0.25, 0.3) is 5.91 Å². The van der Waals surface area contributed by atoms with Crippen LogP contribution in [0.2, 0.25) is 0 Å². The lowest BCUT2D eigenvalue weighted by Gasteiger charge is -2.37. The monoisotopic (exact) mass is 222 g/mol. The van der Waals surface area contributed by atoms with Crippen molar-refractivity contribution in [3.05, 3.63) is 30.1 Å². The van der Waals surface area contributed by atoms with E-state index in [9.17, 15) is 9.90 Å². The first-order chi connectivity index (χ1) is 7.24. The van der Waals surface area contributed by atoms with E-state index in [0.29, 0.717) is 5.56 Å². The number of nitrogens with zero attached hydrogens (tertiary/aromatic N) is 1.